The van der Waals surface area contributed by atoms with Gasteiger partial charge in [-0.3, -0.25) is 4.79 Å². The van der Waals surface area contributed by atoms with Crippen molar-refractivity contribution < 1.29 is 9.53 Å². The molecule has 0 aromatic heterocycles. The maximum absolute atomic E-state index is 11.9. The van der Waals surface area contributed by atoms with E-state index in [2.05, 4.69) is 34.7 Å². The molecule has 7 heteroatoms. The van der Waals surface area contributed by atoms with Gasteiger partial charge in [-0.15, -0.1) is 24.0 Å². The van der Waals surface area contributed by atoms with E-state index in [1.807, 2.05) is 18.2 Å². The number of fused-ring (bicyclic) bond motifs is 2. The number of ether oxygens (including phenoxy) is 1. The van der Waals surface area contributed by atoms with Crippen molar-refractivity contribution in [2.24, 2.45) is 4.99 Å². The van der Waals surface area contributed by atoms with Crippen LogP contribution in [0.4, 0.5) is 0 Å². The molecule has 1 aromatic carbocycles. The highest BCUT2D eigenvalue weighted by atomic mass is 127. The van der Waals surface area contributed by atoms with E-state index in [1.165, 1.54) is 5.56 Å². The molecule has 2 heterocycles. The number of aliphatic imine (C=N–C) groups is 1. The lowest BCUT2D eigenvalue weighted by atomic mass is 9.96. The molecule has 6 nitrogen and oxygen atoms in total. The van der Waals surface area contributed by atoms with Crippen molar-refractivity contribution in [1.82, 2.24) is 15.5 Å². The molecule has 144 valence electrons. The predicted octanol–water partition coefficient (Wildman–Crippen LogP) is 2.31. The lowest BCUT2D eigenvalue weighted by molar-refractivity contribution is -0.127. The van der Waals surface area contributed by atoms with Crippen LogP contribution in [0.1, 0.15) is 37.8 Å². The summed E-state index contributed by atoms with van der Waals surface area (Å²) in [6.07, 6.45) is 3.89. The summed E-state index contributed by atoms with van der Waals surface area (Å²) in [4.78, 5) is 18.0. The van der Waals surface area contributed by atoms with E-state index < -0.39 is 0 Å². The minimum absolute atomic E-state index is 0. The number of guanidine groups is 1. The largest absolute Gasteiger partial charge is 0.373 e. The molecular weight excluding hydrogens is 443 g/mol. The number of amides is 1. The second-order valence-corrected chi connectivity index (χ2v) is 7.09. The first-order valence-corrected chi connectivity index (χ1v) is 9.01. The van der Waals surface area contributed by atoms with Gasteiger partial charge in [0.15, 0.2) is 5.96 Å². The Balaban J connectivity index is 0.00000243. The minimum Gasteiger partial charge on any atom is -0.373 e. The van der Waals surface area contributed by atoms with Gasteiger partial charge < -0.3 is 20.3 Å². The second kappa shape index (κ2) is 9.55. The van der Waals surface area contributed by atoms with Gasteiger partial charge in [-0.2, -0.15) is 0 Å². The number of carbonyl (C=O) groups excluding carboxylic acids is 1. The van der Waals surface area contributed by atoms with Crippen molar-refractivity contribution in [3.05, 3.63) is 35.9 Å². The molecule has 4 atom stereocenters. The molecule has 2 bridgehead atoms. The zero-order valence-electron chi connectivity index (χ0n) is 15.6. The number of carbonyl (C=O) groups is 1. The molecular formula is C19H29IN4O2. The van der Waals surface area contributed by atoms with Gasteiger partial charge in [0.2, 0.25) is 5.91 Å². The third-order valence-corrected chi connectivity index (χ3v) is 4.95. The highest BCUT2D eigenvalue weighted by molar-refractivity contribution is 14.0. The number of likely N-dealkylation sites (N-methyl/N-ethyl adjacent to an activating group) is 1. The van der Waals surface area contributed by atoms with Crippen molar-refractivity contribution in [3.8, 4) is 0 Å². The van der Waals surface area contributed by atoms with Gasteiger partial charge in [-0.25, -0.2) is 4.99 Å². The molecule has 0 radical (unpaired) electrons. The summed E-state index contributed by atoms with van der Waals surface area (Å²) in [5.41, 5.74) is 1.18. The Morgan fingerprint density at radius 2 is 2.04 bits per heavy atom. The molecule has 0 spiro atoms. The van der Waals surface area contributed by atoms with E-state index in [1.54, 1.807) is 19.0 Å². The third kappa shape index (κ3) is 5.33. The summed E-state index contributed by atoms with van der Waals surface area (Å²) in [6.45, 7) is 2.23. The minimum atomic E-state index is -0.0161. The smallest absolute Gasteiger partial charge is 0.243 e. The van der Waals surface area contributed by atoms with Crippen molar-refractivity contribution in [2.45, 2.75) is 50.5 Å². The fourth-order valence-electron chi connectivity index (χ4n) is 3.42. The van der Waals surface area contributed by atoms with Gasteiger partial charge in [0.25, 0.3) is 0 Å². The van der Waals surface area contributed by atoms with Crippen LogP contribution in [0.15, 0.2) is 35.3 Å². The Labute approximate surface area is 172 Å². The molecule has 2 N–H and O–H groups in total. The maximum atomic E-state index is 11.9. The first-order valence-electron chi connectivity index (χ1n) is 9.01. The van der Waals surface area contributed by atoms with Crippen LogP contribution in [0.5, 0.6) is 0 Å². The Bertz CT molecular complexity index is 623. The summed E-state index contributed by atoms with van der Waals surface area (Å²) >= 11 is 0. The van der Waals surface area contributed by atoms with Crippen LogP contribution in [-0.2, 0) is 9.53 Å². The Morgan fingerprint density at radius 3 is 2.62 bits per heavy atom. The number of benzene rings is 1. The van der Waals surface area contributed by atoms with Crippen LogP contribution >= 0.6 is 24.0 Å². The van der Waals surface area contributed by atoms with Crippen LogP contribution in [-0.4, -0.2) is 55.7 Å². The van der Waals surface area contributed by atoms with E-state index in [9.17, 15) is 4.79 Å². The van der Waals surface area contributed by atoms with Gasteiger partial charge in [0, 0.05) is 14.1 Å². The van der Waals surface area contributed by atoms with Crippen LogP contribution < -0.4 is 10.6 Å². The molecule has 26 heavy (non-hydrogen) atoms. The summed E-state index contributed by atoms with van der Waals surface area (Å²) < 4.78 is 5.92. The quantitative estimate of drug-likeness (QED) is 0.392. The number of nitrogens with zero attached hydrogens (tertiary/aromatic N) is 2. The Hall–Kier alpha value is -1.35. The van der Waals surface area contributed by atoms with Gasteiger partial charge >= 0.3 is 0 Å². The lowest BCUT2D eigenvalue weighted by Crippen LogP contribution is -2.48. The first-order chi connectivity index (χ1) is 12.0. The Morgan fingerprint density at radius 1 is 1.31 bits per heavy atom. The number of halogens is 1. The molecule has 1 aromatic rings. The highest BCUT2D eigenvalue weighted by Crippen LogP contribution is 2.34. The molecule has 2 aliphatic rings. The number of hydrogen-bond acceptors (Lipinski definition) is 3. The van der Waals surface area contributed by atoms with Gasteiger partial charge in [0.05, 0.1) is 24.3 Å². The predicted molar refractivity (Wildman–Crippen MR) is 114 cm³/mol. The number of rotatable bonds is 5. The molecule has 3 rings (SSSR count). The zero-order chi connectivity index (χ0) is 17.8. The Kier molecular flexibility index (Phi) is 7.69. The van der Waals surface area contributed by atoms with Crippen LogP contribution in [0.25, 0.3) is 0 Å². The van der Waals surface area contributed by atoms with E-state index >= 15 is 0 Å². The lowest BCUT2D eigenvalue weighted by Gasteiger charge is -2.25. The molecule has 0 aliphatic carbocycles. The van der Waals surface area contributed by atoms with Crippen molar-refractivity contribution in [3.63, 3.8) is 0 Å². The molecule has 2 saturated heterocycles. The van der Waals surface area contributed by atoms with Crippen LogP contribution in [0.2, 0.25) is 0 Å². The molecule has 2 fully saturated rings. The standard InChI is InChI=1S/C19H28N4O2.HI/c1-13(14-7-5-4-6-8-14)21-19(20-12-18(24)23(2)3)22-16-11-15-9-10-17(16)25-15;/h4-8,13,15-17H,9-12H2,1-3H3,(H2,20,21,22);1H. The van der Waals surface area contributed by atoms with E-state index in [4.69, 9.17) is 4.74 Å². The van der Waals surface area contributed by atoms with Gasteiger partial charge in [-0.05, 0) is 31.7 Å². The van der Waals surface area contributed by atoms with Crippen molar-refractivity contribution in [1.29, 1.82) is 0 Å². The van der Waals surface area contributed by atoms with E-state index in [-0.39, 0.29) is 54.6 Å². The highest BCUT2D eigenvalue weighted by Gasteiger charge is 2.41. The SMILES string of the molecule is CC(NC(=NCC(=O)N(C)C)NC1CC2CCC1O2)c1ccccc1.I. The van der Waals surface area contributed by atoms with E-state index in [0.717, 1.165) is 19.3 Å². The molecule has 0 saturated carbocycles. The maximum Gasteiger partial charge on any atom is 0.243 e. The average molecular weight is 472 g/mol. The summed E-state index contributed by atoms with van der Waals surface area (Å²) in [5, 5.41) is 6.91. The average Bonchev–Trinajstić information content (AvgIpc) is 3.23. The topological polar surface area (TPSA) is 66.0 Å². The normalized spacial score (nSPS) is 25.3. The van der Waals surface area contributed by atoms with Crippen molar-refractivity contribution >= 4 is 35.8 Å². The molecule has 1 amide bonds. The van der Waals surface area contributed by atoms with Crippen molar-refractivity contribution in [2.75, 3.05) is 20.6 Å². The van der Waals surface area contributed by atoms with Crippen LogP contribution in [0, 0.1) is 0 Å². The zero-order valence-corrected chi connectivity index (χ0v) is 18.0. The number of hydrogen-bond donors (Lipinski definition) is 2. The van der Waals surface area contributed by atoms with E-state index in [0.29, 0.717) is 12.1 Å². The summed E-state index contributed by atoms with van der Waals surface area (Å²) in [5.74, 6) is 0.658. The second-order valence-electron chi connectivity index (χ2n) is 7.09. The fraction of sp³-hybridized carbons (Fsp3) is 0.579. The van der Waals surface area contributed by atoms with Gasteiger partial charge in [-0.1, -0.05) is 30.3 Å². The summed E-state index contributed by atoms with van der Waals surface area (Å²) in [6, 6.07) is 10.6. The molecule has 4 unspecified atom stereocenters. The third-order valence-electron chi connectivity index (χ3n) is 4.95. The number of nitrogens with one attached hydrogen (secondary N) is 2. The van der Waals surface area contributed by atoms with Gasteiger partial charge in [0.1, 0.15) is 6.54 Å². The monoisotopic (exact) mass is 472 g/mol. The summed E-state index contributed by atoms with van der Waals surface area (Å²) in [7, 11) is 3.49. The first kappa shape index (κ1) is 21.0. The fourth-order valence-corrected chi connectivity index (χ4v) is 3.42. The van der Waals surface area contributed by atoms with Crippen LogP contribution in [0.3, 0.4) is 0 Å². The molecule has 2 aliphatic heterocycles.